The van der Waals surface area contributed by atoms with E-state index in [1.807, 2.05) is 6.07 Å². The lowest BCUT2D eigenvalue weighted by Gasteiger charge is -2.07. The van der Waals surface area contributed by atoms with Gasteiger partial charge in [0.05, 0.1) is 0 Å². The molecule has 0 amide bonds. The van der Waals surface area contributed by atoms with Crippen LogP contribution in [0.1, 0.15) is 22.3 Å². The molecule has 6 aromatic rings. The van der Waals surface area contributed by atoms with Crippen molar-refractivity contribution in [2.45, 2.75) is 27.7 Å². The molecule has 0 unspecified atom stereocenters. The molecule has 0 aliphatic carbocycles. The summed E-state index contributed by atoms with van der Waals surface area (Å²) in [6, 6.07) is 21.5. The molecule has 2 aromatic heterocycles. The molecule has 0 N–H and O–H groups in total. The fourth-order valence-corrected chi connectivity index (χ4v) is 4.87. The van der Waals surface area contributed by atoms with Crippen molar-refractivity contribution in [3.63, 3.8) is 0 Å². The highest BCUT2D eigenvalue weighted by Crippen LogP contribution is 2.39. The van der Waals surface area contributed by atoms with E-state index in [1.54, 1.807) is 0 Å². The third-order valence-corrected chi connectivity index (χ3v) is 6.26. The van der Waals surface area contributed by atoms with Crippen LogP contribution in [-0.4, -0.2) is 0 Å². The Morgan fingerprint density at radius 3 is 1.90 bits per heavy atom. The van der Waals surface area contributed by atoms with Gasteiger partial charge in [0, 0.05) is 21.5 Å². The number of furan rings is 2. The molecule has 6 rings (SSSR count). The zero-order chi connectivity index (χ0) is 20.6. The molecule has 0 saturated carbocycles. The van der Waals surface area contributed by atoms with Crippen molar-refractivity contribution in [1.29, 1.82) is 0 Å². The van der Waals surface area contributed by atoms with Gasteiger partial charge in [-0.1, -0.05) is 36.4 Å². The van der Waals surface area contributed by atoms with E-state index in [-0.39, 0.29) is 0 Å². The summed E-state index contributed by atoms with van der Waals surface area (Å²) in [7, 11) is 0. The standard InChI is InChI=1S/C28H22O2/c1-15-8-9-21-23(10-15)30-24-13-19(11-17(3)26(21)24)20-12-18(4)28-25(14-20)29-22-7-5-6-16(2)27(22)28/h5-14H,1-4H3. The first-order chi connectivity index (χ1) is 14.5. The maximum atomic E-state index is 6.23. The Morgan fingerprint density at radius 2 is 1.13 bits per heavy atom. The molecule has 0 aliphatic rings. The van der Waals surface area contributed by atoms with Crippen molar-refractivity contribution in [3.05, 3.63) is 82.9 Å². The SMILES string of the molecule is Cc1ccc2c(c1)oc1cc(-c3cc(C)c4c(c3)oc3cccc(C)c34)cc(C)c12. The smallest absolute Gasteiger partial charge is 0.136 e. The second kappa shape index (κ2) is 5.99. The molecule has 0 bridgehead atoms. The average molecular weight is 390 g/mol. The molecule has 2 heteroatoms. The lowest BCUT2D eigenvalue weighted by Crippen LogP contribution is -1.84. The molecule has 4 aromatic carbocycles. The number of fused-ring (bicyclic) bond motifs is 6. The Labute approximate surface area is 174 Å². The highest BCUT2D eigenvalue weighted by atomic mass is 16.3. The summed E-state index contributed by atoms with van der Waals surface area (Å²) in [5.74, 6) is 0. The van der Waals surface area contributed by atoms with Crippen molar-refractivity contribution in [2.24, 2.45) is 0 Å². The minimum absolute atomic E-state index is 0.934. The van der Waals surface area contributed by atoms with Gasteiger partial charge in [-0.25, -0.2) is 0 Å². The van der Waals surface area contributed by atoms with Crippen molar-refractivity contribution in [1.82, 2.24) is 0 Å². The molecule has 146 valence electrons. The van der Waals surface area contributed by atoms with Crippen LogP contribution in [0.4, 0.5) is 0 Å². The second-order valence-electron chi connectivity index (χ2n) is 8.48. The Kier molecular flexibility index (Phi) is 3.47. The minimum Gasteiger partial charge on any atom is -0.456 e. The molecular weight excluding hydrogens is 368 g/mol. The summed E-state index contributed by atoms with van der Waals surface area (Å²) in [5.41, 5.74) is 11.0. The fourth-order valence-electron chi connectivity index (χ4n) is 4.87. The summed E-state index contributed by atoms with van der Waals surface area (Å²) >= 11 is 0. The fraction of sp³-hybridized carbons (Fsp3) is 0.143. The van der Waals surface area contributed by atoms with Gasteiger partial charge in [-0.3, -0.25) is 0 Å². The summed E-state index contributed by atoms with van der Waals surface area (Å²) in [6.45, 7) is 8.57. The van der Waals surface area contributed by atoms with Crippen LogP contribution in [0.3, 0.4) is 0 Å². The summed E-state index contributed by atoms with van der Waals surface area (Å²) in [5, 5.41) is 4.81. The molecule has 0 radical (unpaired) electrons. The van der Waals surface area contributed by atoms with E-state index in [0.29, 0.717) is 0 Å². The van der Waals surface area contributed by atoms with Crippen LogP contribution in [0.15, 0.2) is 69.5 Å². The third kappa shape index (κ3) is 2.37. The molecule has 0 atom stereocenters. The van der Waals surface area contributed by atoms with Crippen molar-refractivity contribution < 1.29 is 8.83 Å². The molecular formula is C28H22O2. The highest BCUT2D eigenvalue weighted by molar-refractivity contribution is 6.10. The number of rotatable bonds is 1. The summed E-state index contributed by atoms with van der Waals surface area (Å²) < 4.78 is 12.5. The number of aryl methyl sites for hydroxylation is 4. The molecule has 0 fully saturated rings. The van der Waals surface area contributed by atoms with Gasteiger partial charge < -0.3 is 8.83 Å². The molecule has 0 saturated heterocycles. The molecule has 2 nitrogen and oxygen atoms in total. The lowest BCUT2D eigenvalue weighted by molar-refractivity contribution is 0.667. The van der Waals surface area contributed by atoms with Crippen LogP contribution < -0.4 is 0 Å². The average Bonchev–Trinajstić information content (AvgIpc) is 3.26. The van der Waals surface area contributed by atoms with Gasteiger partial charge in [-0.2, -0.15) is 0 Å². The van der Waals surface area contributed by atoms with Crippen molar-refractivity contribution in [2.75, 3.05) is 0 Å². The van der Waals surface area contributed by atoms with Gasteiger partial charge in [-0.05, 0) is 85.3 Å². The molecule has 0 spiro atoms. The van der Waals surface area contributed by atoms with E-state index < -0.39 is 0 Å². The Bertz CT molecular complexity index is 1630. The summed E-state index contributed by atoms with van der Waals surface area (Å²) in [6.07, 6.45) is 0. The van der Waals surface area contributed by atoms with Gasteiger partial charge in [0.2, 0.25) is 0 Å². The quantitative estimate of drug-likeness (QED) is 0.282. The highest BCUT2D eigenvalue weighted by Gasteiger charge is 2.15. The van der Waals surface area contributed by atoms with Crippen LogP contribution in [0.5, 0.6) is 0 Å². The number of hydrogen-bond donors (Lipinski definition) is 0. The van der Waals surface area contributed by atoms with Crippen LogP contribution in [0, 0.1) is 27.7 Å². The number of hydrogen-bond acceptors (Lipinski definition) is 2. The normalized spacial score (nSPS) is 12.0. The third-order valence-electron chi connectivity index (χ3n) is 6.26. The first-order valence-corrected chi connectivity index (χ1v) is 10.4. The number of benzene rings is 4. The van der Waals surface area contributed by atoms with Gasteiger partial charge in [0.25, 0.3) is 0 Å². The van der Waals surface area contributed by atoms with E-state index in [0.717, 1.165) is 33.5 Å². The maximum Gasteiger partial charge on any atom is 0.136 e. The Balaban J connectivity index is 1.62. The van der Waals surface area contributed by atoms with E-state index in [9.17, 15) is 0 Å². The van der Waals surface area contributed by atoms with E-state index in [2.05, 4.69) is 82.3 Å². The minimum atomic E-state index is 0.934. The largest absolute Gasteiger partial charge is 0.456 e. The first-order valence-electron chi connectivity index (χ1n) is 10.4. The predicted molar refractivity (Wildman–Crippen MR) is 125 cm³/mol. The van der Waals surface area contributed by atoms with Crippen LogP contribution in [0.2, 0.25) is 0 Å². The van der Waals surface area contributed by atoms with Crippen LogP contribution in [0.25, 0.3) is 55.0 Å². The molecule has 30 heavy (non-hydrogen) atoms. The zero-order valence-corrected chi connectivity index (χ0v) is 17.6. The van der Waals surface area contributed by atoms with Crippen LogP contribution in [-0.2, 0) is 0 Å². The maximum absolute atomic E-state index is 6.23. The van der Waals surface area contributed by atoms with Gasteiger partial charge in [0.1, 0.15) is 22.3 Å². The Hall–Kier alpha value is -3.52. The van der Waals surface area contributed by atoms with Crippen molar-refractivity contribution in [3.8, 4) is 11.1 Å². The topological polar surface area (TPSA) is 26.3 Å². The van der Waals surface area contributed by atoms with E-state index >= 15 is 0 Å². The zero-order valence-electron chi connectivity index (χ0n) is 17.6. The van der Waals surface area contributed by atoms with Gasteiger partial charge in [-0.15, -0.1) is 0 Å². The Morgan fingerprint density at radius 1 is 0.500 bits per heavy atom. The van der Waals surface area contributed by atoms with Crippen molar-refractivity contribution >= 4 is 43.9 Å². The first kappa shape index (κ1) is 17.3. The van der Waals surface area contributed by atoms with E-state index in [4.69, 9.17) is 8.83 Å². The van der Waals surface area contributed by atoms with E-state index in [1.165, 1.54) is 43.8 Å². The predicted octanol–water partition coefficient (Wildman–Crippen LogP) is 8.39. The lowest BCUT2D eigenvalue weighted by atomic mass is 9.96. The van der Waals surface area contributed by atoms with Crippen LogP contribution >= 0.6 is 0 Å². The van der Waals surface area contributed by atoms with Gasteiger partial charge >= 0.3 is 0 Å². The molecule has 0 aliphatic heterocycles. The monoisotopic (exact) mass is 390 g/mol. The van der Waals surface area contributed by atoms with Gasteiger partial charge in [0.15, 0.2) is 0 Å². The second-order valence-corrected chi connectivity index (χ2v) is 8.48. The molecule has 2 heterocycles. The summed E-state index contributed by atoms with van der Waals surface area (Å²) in [4.78, 5) is 0.